The summed E-state index contributed by atoms with van der Waals surface area (Å²) in [5, 5.41) is 16.5. The molecule has 0 bridgehead atoms. The Kier molecular flexibility index (Phi) is 6.91. The Hall–Kier alpha value is -0.120. The minimum atomic E-state index is -1.60. The molecule has 0 fully saturated rings. The van der Waals surface area contributed by atoms with Gasteiger partial charge in [-0.05, 0) is 6.42 Å². The van der Waals surface area contributed by atoms with Crippen molar-refractivity contribution in [1.82, 2.24) is 0 Å². The summed E-state index contributed by atoms with van der Waals surface area (Å²) in [7, 11) is 0. The van der Waals surface area contributed by atoms with Crippen molar-refractivity contribution in [3.8, 4) is 0 Å². The average molecular weight is 148 g/mol. The Bertz CT molecular complexity index is 63.9. The lowest BCUT2D eigenvalue weighted by molar-refractivity contribution is -0.234. The summed E-state index contributed by atoms with van der Waals surface area (Å²) in [6.07, 6.45) is 4.38. The summed E-state index contributed by atoms with van der Waals surface area (Å²) in [4.78, 5) is 0. The lowest BCUT2D eigenvalue weighted by Gasteiger charge is -2.03. The molecule has 0 spiro atoms. The van der Waals surface area contributed by atoms with Crippen molar-refractivity contribution in [2.75, 3.05) is 6.61 Å². The summed E-state index contributed by atoms with van der Waals surface area (Å²) in [6, 6.07) is 0. The summed E-state index contributed by atoms with van der Waals surface area (Å²) in [6.45, 7) is 0.973. The van der Waals surface area contributed by atoms with Gasteiger partial charge in [0.05, 0.1) is 6.61 Å². The Morgan fingerprint density at radius 1 is 1.20 bits per heavy atom. The molecule has 0 saturated carbocycles. The molecule has 3 heteroatoms. The van der Waals surface area contributed by atoms with Crippen LogP contribution in [0.5, 0.6) is 0 Å². The van der Waals surface area contributed by atoms with Crippen LogP contribution in [0.3, 0.4) is 0 Å². The third-order valence-corrected chi connectivity index (χ3v) is 1.26. The highest BCUT2D eigenvalue weighted by Gasteiger charge is 1.94. The van der Waals surface area contributed by atoms with Crippen LogP contribution in [0.1, 0.15) is 32.6 Å². The first-order valence-electron chi connectivity index (χ1n) is 3.75. The smallest absolute Gasteiger partial charge is 0.266 e. The van der Waals surface area contributed by atoms with E-state index in [0.717, 1.165) is 12.8 Å². The zero-order valence-electron chi connectivity index (χ0n) is 6.42. The molecule has 0 saturated heterocycles. The zero-order chi connectivity index (χ0) is 7.82. The SMILES string of the molecule is CCCCCCOC(O)O. The van der Waals surface area contributed by atoms with E-state index in [2.05, 4.69) is 11.7 Å². The van der Waals surface area contributed by atoms with Gasteiger partial charge in [-0.25, -0.2) is 0 Å². The fourth-order valence-corrected chi connectivity index (χ4v) is 0.718. The maximum absolute atomic E-state index is 8.24. The minimum Gasteiger partial charge on any atom is -0.346 e. The fraction of sp³-hybridized carbons (Fsp3) is 1.00. The quantitative estimate of drug-likeness (QED) is 0.433. The first-order chi connectivity index (χ1) is 4.77. The van der Waals surface area contributed by atoms with Gasteiger partial charge in [0.15, 0.2) is 0 Å². The van der Waals surface area contributed by atoms with Gasteiger partial charge in [0.2, 0.25) is 0 Å². The molecule has 0 radical (unpaired) electrons. The summed E-state index contributed by atoms with van der Waals surface area (Å²) in [5.74, 6) is 0. The van der Waals surface area contributed by atoms with Gasteiger partial charge in [-0.1, -0.05) is 26.2 Å². The van der Waals surface area contributed by atoms with E-state index in [-0.39, 0.29) is 0 Å². The summed E-state index contributed by atoms with van der Waals surface area (Å²) < 4.78 is 4.50. The van der Waals surface area contributed by atoms with Gasteiger partial charge >= 0.3 is 0 Å². The predicted molar refractivity (Wildman–Crippen MR) is 38.3 cm³/mol. The Balaban J connectivity index is 2.77. The maximum atomic E-state index is 8.24. The van der Waals surface area contributed by atoms with Crippen LogP contribution in [0.2, 0.25) is 0 Å². The van der Waals surface area contributed by atoms with Crippen molar-refractivity contribution in [3.05, 3.63) is 0 Å². The van der Waals surface area contributed by atoms with Crippen LogP contribution in [0.25, 0.3) is 0 Å². The summed E-state index contributed by atoms with van der Waals surface area (Å²) >= 11 is 0. The zero-order valence-corrected chi connectivity index (χ0v) is 6.42. The first kappa shape index (κ1) is 9.88. The molecular formula is C7H16O3. The third kappa shape index (κ3) is 7.88. The molecule has 2 N–H and O–H groups in total. The van der Waals surface area contributed by atoms with E-state index in [1.807, 2.05) is 0 Å². The van der Waals surface area contributed by atoms with Gasteiger partial charge in [-0.15, -0.1) is 0 Å². The van der Waals surface area contributed by atoms with Gasteiger partial charge < -0.3 is 14.9 Å². The molecular weight excluding hydrogens is 132 g/mol. The molecule has 10 heavy (non-hydrogen) atoms. The second kappa shape index (κ2) is 6.99. The summed E-state index contributed by atoms with van der Waals surface area (Å²) in [5.41, 5.74) is 0. The van der Waals surface area contributed by atoms with Crippen LogP contribution in [0.15, 0.2) is 0 Å². The lowest BCUT2D eigenvalue weighted by Crippen LogP contribution is -2.10. The van der Waals surface area contributed by atoms with Crippen molar-refractivity contribution in [2.45, 2.75) is 39.1 Å². The van der Waals surface area contributed by atoms with Gasteiger partial charge in [0, 0.05) is 0 Å². The Morgan fingerprint density at radius 2 is 1.90 bits per heavy atom. The molecule has 0 atom stereocenters. The number of aliphatic hydroxyl groups is 2. The number of rotatable bonds is 6. The van der Waals surface area contributed by atoms with Crippen molar-refractivity contribution in [3.63, 3.8) is 0 Å². The van der Waals surface area contributed by atoms with Crippen LogP contribution in [-0.4, -0.2) is 23.3 Å². The van der Waals surface area contributed by atoms with Gasteiger partial charge in [0.25, 0.3) is 6.48 Å². The van der Waals surface area contributed by atoms with E-state index < -0.39 is 6.48 Å². The van der Waals surface area contributed by atoms with Gasteiger partial charge in [-0.2, -0.15) is 0 Å². The average Bonchev–Trinajstić information content (AvgIpc) is 1.87. The molecule has 0 aliphatic rings. The van der Waals surface area contributed by atoms with Crippen molar-refractivity contribution < 1.29 is 14.9 Å². The number of hydrogen-bond acceptors (Lipinski definition) is 3. The van der Waals surface area contributed by atoms with E-state index in [1.165, 1.54) is 12.8 Å². The molecule has 0 aliphatic carbocycles. The Labute approximate surface area is 61.6 Å². The second-order valence-corrected chi connectivity index (χ2v) is 2.26. The van der Waals surface area contributed by atoms with E-state index in [9.17, 15) is 0 Å². The first-order valence-corrected chi connectivity index (χ1v) is 3.75. The van der Waals surface area contributed by atoms with Crippen molar-refractivity contribution in [2.24, 2.45) is 0 Å². The van der Waals surface area contributed by atoms with Gasteiger partial charge in [-0.3, -0.25) is 0 Å². The number of ether oxygens (including phenoxy) is 1. The third-order valence-electron chi connectivity index (χ3n) is 1.26. The minimum absolute atomic E-state index is 0.442. The Morgan fingerprint density at radius 3 is 2.40 bits per heavy atom. The van der Waals surface area contributed by atoms with E-state index in [4.69, 9.17) is 10.2 Å². The highest BCUT2D eigenvalue weighted by Crippen LogP contribution is 1.98. The molecule has 0 aliphatic heterocycles. The highest BCUT2D eigenvalue weighted by molar-refractivity contribution is 4.37. The normalized spacial score (nSPS) is 10.8. The van der Waals surface area contributed by atoms with Crippen molar-refractivity contribution in [1.29, 1.82) is 0 Å². The van der Waals surface area contributed by atoms with Crippen LogP contribution in [0.4, 0.5) is 0 Å². The van der Waals surface area contributed by atoms with Crippen LogP contribution in [-0.2, 0) is 4.74 Å². The monoisotopic (exact) mass is 148 g/mol. The van der Waals surface area contributed by atoms with Crippen LogP contribution < -0.4 is 0 Å². The molecule has 0 unspecified atom stereocenters. The topological polar surface area (TPSA) is 49.7 Å². The van der Waals surface area contributed by atoms with Crippen molar-refractivity contribution >= 4 is 0 Å². The number of hydrogen-bond donors (Lipinski definition) is 2. The van der Waals surface area contributed by atoms with Crippen LogP contribution in [0, 0.1) is 0 Å². The van der Waals surface area contributed by atoms with E-state index >= 15 is 0 Å². The molecule has 0 heterocycles. The molecule has 0 aromatic rings. The number of unbranched alkanes of at least 4 members (excludes halogenated alkanes) is 3. The highest BCUT2D eigenvalue weighted by atomic mass is 16.7. The molecule has 0 rings (SSSR count). The number of aliphatic hydroxyl groups excluding tert-OH is 1. The standard InChI is InChI=1S/C7H16O3/c1-2-3-4-5-6-10-7(8)9/h7-9H,2-6H2,1H3. The predicted octanol–water partition coefficient (Wildman–Crippen LogP) is 0.851. The largest absolute Gasteiger partial charge is 0.346 e. The maximum Gasteiger partial charge on any atom is 0.266 e. The molecule has 0 aromatic heterocycles. The molecule has 0 aromatic carbocycles. The van der Waals surface area contributed by atoms with Crippen LogP contribution >= 0.6 is 0 Å². The molecule has 62 valence electrons. The fourth-order valence-electron chi connectivity index (χ4n) is 0.718. The second-order valence-electron chi connectivity index (χ2n) is 2.26. The molecule has 3 nitrogen and oxygen atoms in total. The molecule has 0 amide bonds. The van der Waals surface area contributed by atoms with Gasteiger partial charge in [0.1, 0.15) is 0 Å². The van der Waals surface area contributed by atoms with E-state index in [0.29, 0.717) is 6.61 Å². The lowest BCUT2D eigenvalue weighted by atomic mass is 10.2. The van der Waals surface area contributed by atoms with E-state index in [1.54, 1.807) is 0 Å².